The van der Waals surface area contributed by atoms with E-state index in [0.29, 0.717) is 11.6 Å². The van der Waals surface area contributed by atoms with Crippen LogP contribution in [0.3, 0.4) is 0 Å². The van der Waals surface area contributed by atoms with E-state index >= 15 is 0 Å². The van der Waals surface area contributed by atoms with E-state index in [1.807, 2.05) is 25.2 Å². The van der Waals surface area contributed by atoms with Crippen molar-refractivity contribution < 1.29 is 4.79 Å². The number of rotatable bonds is 4. The van der Waals surface area contributed by atoms with E-state index in [0.717, 1.165) is 37.0 Å². The Labute approximate surface area is 159 Å². The summed E-state index contributed by atoms with van der Waals surface area (Å²) in [6.07, 6.45) is 1.94. The molecular weight excluding hydrogens is 338 g/mol. The smallest absolute Gasteiger partial charge is 0.251 e. The molecule has 0 spiro atoms. The van der Waals surface area contributed by atoms with E-state index in [-0.39, 0.29) is 11.9 Å². The quantitative estimate of drug-likeness (QED) is 0.774. The summed E-state index contributed by atoms with van der Waals surface area (Å²) in [6, 6.07) is 16.8. The number of hydrogen-bond acceptors (Lipinski definition) is 4. The van der Waals surface area contributed by atoms with Gasteiger partial charge in [-0.25, -0.2) is 4.68 Å². The molecule has 140 valence electrons. The first-order chi connectivity index (χ1) is 13.1. The zero-order valence-corrected chi connectivity index (χ0v) is 15.8. The first kappa shape index (κ1) is 17.7. The van der Waals surface area contributed by atoms with Gasteiger partial charge in [0.05, 0.1) is 5.52 Å². The lowest BCUT2D eigenvalue weighted by atomic mass is 10.00. The maximum Gasteiger partial charge on any atom is 0.251 e. The molecule has 2 aromatic carbocycles. The molecule has 27 heavy (non-hydrogen) atoms. The summed E-state index contributed by atoms with van der Waals surface area (Å²) in [5.41, 5.74) is 3.66. The molecule has 1 N–H and O–H groups in total. The molecule has 1 amide bonds. The predicted octanol–water partition coefficient (Wildman–Crippen LogP) is 2.92. The number of piperidine rings is 1. The van der Waals surface area contributed by atoms with Crippen LogP contribution in [0.25, 0.3) is 11.0 Å². The Hall–Kier alpha value is -2.73. The van der Waals surface area contributed by atoms with Crippen molar-refractivity contribution in [2.45, 2.75) is 31.8 Å². The van der Waals surface area contributed by atoms with Crippen molar-refractivity contribution in [2.75, 3.05) is 13.1 Å². The zero-order chi connectivity index (χ0) is 18.8. The van der Waals surface area contributed by atoms with Gasteiger partial charge >= 0.3 is 0 Å². The van der Waals surface area contributed by atoms with Crippen LogP contribution in [0.15, 0.2) is 48.5 Å². The summed E-state index contributed by atoms with van der Waals surface area (Å²) in [4.78, 5) is 15.1. The number of nitrogens with zero attached hydrogens (tertiary/aromatic N) is 4. The van der Waals surface area contributed by atoms with Gasteiger partial charge in [0, 0.05) is 37.8 Å². The van der Waals surface area contributed by atoms with Crippen LogP contribution >= 0.6 is 0 Å². The van der Waals surface area contributed by atoms with Gasteiger partial charge in [0.15, 0.2) is 0 Å². The van der Waals surface area contributed by atoms with Gasteiger partial charge in [-0.1, -0.05) is 35.5 Å². The number of nitrogens with one attached hydrogen (secondary N) is 1. The van der Waals surface area contributed by atoms with Crippen molar-refractivity contribution >= 4 is 16.9 Å². The number of likely N-dealkylation sites (tertiary alicyclic amines) is 1. The second-order valence-corrected chi connectivity index (χ2v) is 7.29. The van der Waals surface area contributed by atoms with Gasteiger partial charge in [-0.15, -0.1) is 5.10 Å². The van der Waals surface area contributed by atoms with E-state index in [2.05, 4.69) is 57.8 Å². The minimum Gasteiger partial charge on any atom is -0.349 e. The van der Waals surface area contributed by atoms with Crippen molar-refractivity contribution in [3.63, 3.8) is 0 Å². The van der Waals surface area contributed by atoms with Crippen LogP contribution in [0.1, 0.15) is 41.7 Å². The van der Waals surface area contributed by atoms with Gasteiger partial charge in [0.1, 0.15) is 5.52 Å². The zero-order valence-electron chi connectivity index (χ0n) is 15.8. The van der Waals surface area contributed by atoms with E-state index in [1.54, 1.807) is 4.68 Å². The summed E-state index contributed by atoms with van der Waals surface area (Å²) < 4.78 is 1.71. The molecule has 1 aliphatic rings. The molecule has 0 bridgehead atoms. The molecule has 6 nitrogen and oxygen atoms in total. The highest BCUT2D eigenvalue weighted by Crippen LogP contribution is 2.24. The second kappa shape index (κ2) is 7.48. The van der Waals surface area contributed by atoms with Gasteiger partial charge in [0.2, 0.25) is 0 Å². The van der Waals surface area contributed by atoms with Gasteiger partial charge in [0.25, 0.3) is 5.91 Å². The van der Waals surface area contributed by atoms with E-state index < -0.39 is 0 Å². The maximum absolute atomic E-state index is 12.6. The fraction of sp³-hybridized carbons (Fsp3) is 0.381. The summed E-state index contributed by atoms with van der Waals surface area (Å²) in [7, 11) is 1.85. The molecule has 4 rings (SSSR count). The molecule has 6 heteroatoms. The average Bonchev–Trinajstić information content (AvgIpc) is 3.09. The van der Waals surface area contributed by atoms with Crippen LogP contribution in [-0.2, 0) is 7.05 Å². The first-order valence-corrected chi connectivity index (χ1v) is 9.51. The van der Waals surface area contributed by atoms with Crippen LogP contribution in [0.5, 0.6) is 0 Å². The topological polar surface area (TPSA) is 63.1 Å². The lowest BCUT2D eigenvalue weighted by molar-refractivity contribution is 0.0896. The SMILES string of the molecule is C[C@@H](c1ccccc1)N1CCC(NC(=O)c2ccc3c(c2)nnn3C)CC1. The van der Waals surface area contributed by atoms with Crippen LogP contribution in [0.2, 0.25) is 0 Å². The summed E-state index contributed by atoms with van der Waals surface area (Å²) in [5, 5.41) is 11.3. The van der Waals surface area contributed by atoms with Crippen LogP contribution in [0.4, 0.5) is 0 Å². The highest BCUT2D eigenvalue weighted by molar-refractivity contribution is 5.97. The summed E-state index contributed by atoms with van der Waals surface area (Å²) in [5.74, 6) is -0.0305. The van der Waals surface area contributed by atoms with Crippen molar-refractivity contribution in [3.05, 3.63) is 59.7 Å². The Balaban J connectivity index is 1.35. The molecular formula is C21H25N5O. The lowest BCUT2D eigenvalue weighted by Gasteiger charge is -2.36. The molecule has 1 atom stereocenters. The Morgan fingerprint density at radius 2 is 1.89 bits per heavy atom. The number of hydrogen-bond donors (Lipinski definition) is 1. The van der Waals surface area contributed by atoms with Crippen molar-refractivity contribution in [3.8, 4) is 0 Å². The van der Waals surface area contributed by atoms with Crippen LogP contribution in [0, 0.1) is 0 Å². The van der Waals surface area contributed by atoms with Gasteiger partial charge in [-0.3, -0.25) is 9.69 Å². The van der Waals surface area contributed by atoms with Gasteiger partial charge < -0.3 is 5.32 Å². The Morgan fingerprint density at radius 1 is 1.15 bits per heavy atom. The number of aromatic nitrogens is 3. The number of benzene rings is 2. The number of carbonyl (C=O) groups excluding carboxylic acids is 1. The Kier molecular flexibility index (Phi) is 4.90. The minimum atomic E-state index is -0.0305. The second-order valence-electron chi connectivity index (χ2n) is 7.29. The third-order valence-corrected chi connectivity index (χ3v) is 5.57. The minimum absolute atomic E-state index is 0.0305. The third-order valence-electron chi connectivity index (χ3n) is 5.57. The van der Waals surface area contributed by atoms with Gasteiger partial charge in [-0.05, 0) is 43.5 Å². The highest BCUT2D eigenvalue weighted by Gasteiger charge is 2.24. The predicted molar refractivity (Wildman–Crippen MR) is 105 cm³/mol. The van der Waals surface area contributed by atoms with E-state index in [9.17, 15) is 4.79 Å². The molecule has 0 radical (unpaired) electrons. The normalized spacial score (nSPS) is 17.1. The molecule has 1 fully saturated rings. The maximum atomic E-state index is 12.6. The van der Waals surface area contributed by atoms with E-state index in [1.165, 1.54) is 5.56 Å². The van der Waals surface area contributed by atoms with Crippen LogP contribution < -0.4 is 5.32 Å². The fourth-order valence-electron chi connectivity index (χ4n) is 3.82. The summed E-state index contributed by atoms with van der Waals surface area (Å²) >= 11 is 0. The van der Waals surface area contributed by atoms with Crippen LogP contribution in [-0.4, -0.2) is 44.9 Å². The lowest BCUT2D eigenvalue weighted by Crippen LogP contribution is -2.45. The number of carbonyl (C=O) groups is 1. The Bertz CT molecular complexity index is 928. The number of amides is 1. The summed E-state index contributed by atoms with van der Waals surface area (Å²) in [6.45, 7) is 4.23. The van der Waals surface area contributed by atoms with Crippen molar-refractivity contribution in [1.29, 1.82) is 0 Å². The largest absolute Gasteiger partial charge is 0.349 e. The molecule has 1 aromatic heterocycles. The average molecular weight is 363 g/mol. The molecule has 1 saturated heterocycles. The fourth-order valence-corrected chi connectivity index (χ4v) is 3.82. The van der Waals surface area contributed by atoms with Gasteiger partial charge in [-0.2, -0.15) is 0 Å². The highest BCUT2D eigenvalue weighted by atomic mass is 16.1. The van der Waals surface area contributed by atoms with Crippen molar-refractivity contribution in [2.24, 2.45) is 7.05 Å². The monoisotopic (exact) mass is 363 g/mol. The van der Waals surface area contributed by atoms with E-state index in [4.69, 9.17) is 0 Å². The molecule has 0 saturated carbocycles. The molecule has 3 aromatic rings. The molecule has 0 unspecified atom stereocenters. The molecule has 0 aliphatic carbocycles. The number of aryl methyl sites for hydroxylation is 1. The standard InChI is InChI=1S/C21H25N5O/c1-15(16-6-4-3-5-7-16)26-12-10-18(11-13-26)22-21(27)17-8-9-20-19(14-17)23-24-25(20)2/h3-9,14-15,18H,10-13H2,1-2H3,(H,22,27)/t15-/m0/s1. The molecule has 1 aliphatic heterocycles. The molecule has 2 heterocycles. The first-order valence-electron chi connectivity index (χ1n) is 9.51. The Morgan fingerprint density at radius 3 is 2.63 bits per heavy atom. The third kappa shape index (κ3) is 3.71. The number of fused-ring (bicyclic) bond motifs is 1. The van der Waals surface area contributed by atoms with Crippen molar-refractivity contribution in [1.82, 2.24) is 25.2 Å².